The lowest BCUT2D eigenvalue weighted by molar-refractivity contribution is -0.120. The number of nitrogens with zero attached hydrogens (tertiary/aromatic N) is 1. The molecule has 0 unspecified atom stereocenters. The van der Waals surface area contributed by atoms with Crippen LogP contribution in [-0.4, -0.2) is 42.1 Å². The van der Waals surface area contributed by atoms with Crippen LogP contribution in [0, 0.1) is 11.7 Å². The van der Waals surface area contributed by atoms with Crippen molar-refractivity contribution >= 4 is 23.3 Å². The van der Waals surface area contributed by atoms with Gasteiger partial charge in [-0.05, 0) is 43.9 Å². The summed E-state index contributed by atoms with van der Waals surface area (Å²) < 4.78 is 20.1. The minimum atomic E-state index is -0.495. The summed E-state index contributed by atoms with van der Waals surface area (Å²) in [5.74, 6) is -0.686. The average Bonchev–Trinajstić information content (AvgIpc) is 2.76. The van der Waals surface area contributed by atoms with E-state index in [1.165, 1.54) is 18.2 Å². The van der Waals surface area contributed by atoms with Crippen LogP contribution in [0.4, 0.5) is 20.6 Å². The zero-order valence-electron chi connectivity index (χ0n) is 16.8. The molecule has 2 atom stereocenters. The molecule has 7 heteroatoms. The first-order valence-electron chi connectivity index (χ1n) is 10.9. The number of urea groups is 1. The highest BCUT2D eigenvalue weighted by atomic mass is 19.1. The molecule has 0 bridgehead atoms. The summed E-state index contributed by atoms with van der Waals surface area (Å²) >= 11 is 0. The maximum Gasteiger partial charge on any atom is 0.322 e. The number of hydrogen-bond acceptors (Lipinski definition) is 3. The van der Waals surface area contributed by atoms with Crippen LogP contribution >= 0.6 is 0 Å². The van der Waals surface area contributed by atoms with E-state index in [0.29, 0.717) is 18.8 Å². The van der Waals surface area contributed by atoms with Crippen LogP contribution in [-0.2, 0) is 9.53 Å². The molecule has 0 aromatic heterocycles. The largest absolute Gasteiger partial charge is 0.374 e. The van der Waals surface area contributed by atoms with E-state index < -0.39 is 5.82 Å². The number of benzene rings is 1. The molecule has 2 aliphatic carbocycles. The van der Waals surface area contributed by atoms with Gasteiger partial charge in [0, 0.05) is 18.2 Å². The van der Waals surface area contributed by atoms with E-state index in [-0.39, 0.29) is 35.7 Å². The fourth-order valence-electron chi connectivity index (χ4n) is 4.84. The highest BCUT2D eigenvalue weighted by Crippen LogP contribution is 2.30. The van der Waals surface area contributed by atoms with Crippen molar-refractivity contribution < 1.29 is 18.7 Å². The van der Waals surface area contributed by atoms with Crippen molar-refractivity contribution in [1.29, 1.82) is 0 Å². The Morgan fingerprint density at radius 1 is 1.00 bits per heavy atom. The van der Waals surface area contributed by atoms with Gasteiger partial charge in [-0.15, -0.1) is 0 Å². The van der Waals surface area contributed by atoms with Crippen molar-refractivity contribution in [2.24, 2.45) is 5.92 Å². The van der Waals surface area contributed by atoms with Crippen LogP contribution in [0.2, 0.25) is 0 Å². The fourth-order valence-corrected chi connectivity index (χ4v) is 4.84. The predicted molar refractivity (Wildman–Crippen MR) is 109 cm³/mol. The summed E-state index contributed by atoms with van der Waals surface area (Å²) in [6, 6.07) is 4.23. The normalized spacial score (nSPS) is 25.2. The fraction of sp³-hybridized carbons (Fsp3) is 0.636. The van der Waals surface area contributed by atoms with Gasteiger partial charge in [0.2, 0.25) is 5.91 Å². The molecule has 2 saturated carbocycles. The van der Waals surface area contributed by atoms with Gasteiger partial charge in [-0.25, -0.2) is 9.18 Å². The van der Waals surface area contributed by atoms with Crippen LogP contribution in [0.1, 0.15) is 57.8 Å². The maximum atomic E-state index is 14.3. The third-order valence-corrected chi connectivity index (χ3v) is 6.44. The van der Waals surface area contributed by atoms with Crippen LogP contribution < -0.4 is 10.6 Å². The smallest absolute Gasteiger partial charge is 0.322 e. The molecule has 3 fully saturated rings. The minimum Gasteiger partial charge on any atom is -0.374 e. The Balaban J connectivity index is 1.41. The molecule has 1 aromatic carbocycles. The number of nitrogens with one attached hydrogen (secondary N) is 2. The number of fused-ring (bicyclic) bond motifs is 1. The second-order valence-corrected chi connectivity index (χ2v) is 8.40. The Kier molecular flexibility index (Phi) is 6.33. The van der Waals surface area contributed by atoms with E-state index in [4.69, 9.17) is 4.74 Å². The van der Waals surface area contributed by atoms with Gasteiger partial charge in [0.1, 0.15) is 5.82 Å². The summed E-state index contributed by atoms with van der Waals surface area (Å²) in [6.45, 7) is 1.10. The molecule has 29 heavy (non-hydrogen) atoms. The monoisotopic (exact) mass is 403 g/mol. The first-order valence-corrected chi connectivity index (χ1v) is 10.9. The molecule has 4 rings (SSSR count). The molecule has 0 radical (unpaired) electrons. The predicted octanol–water partition coefficient (Wildman–Crippen LogP) is 4.52. The standard InChI is InChI=1S/C22H30FN3O3/c23-17-11-10-16(14-18(17)25-21(27)15-6-2-1-3-7-15)24-22(28)26-12-13-29-20-9-5-4-8-19(20)26/h10-11,14-15,19-20H,1-9,12-13H2,(H,24,28)(H,25,27)/t19-,20-/m0/s1. The van der Waals surface area contributed by atoms with Crippen LogP contribution in [0.3, 0.4) is 0 Å². The number of morpholine rings is 1. The van der Waals surface area contributed by atoms with Gasteiger partial charge in [0.15, 0.2) is 0 Å². The van der Waals surface area contributed by atoms with Crippen molar-refractivity contribution in [2.45, 2.75) is 69.9 Å². The third kappa shape index (κ3) is 4.71. The molecular weight excluding hydrogens is 373 g/mol. The summed E-state index contributed by atoms with van der Waals surface area (Å²) in [6.07, 6.45) is 9.22. The molecule has 2 N–H and O–H groups in total. The number of carbonyl (C=O) groups is 2. The van der Waals surface area contributed by atoms with Crippen LogP contribution in [0.15, 0.2) is 18.2 Å². The van der Waals surface area contributed by atoms with E-state index in [1.54, 1.807) is 0 Å². The van der Waals surface area contributed by atoms with E-state index in [0.717, 1.165) is 57.8 Å². The number of hydrogen-bond donors (Lipinski definition) is 2. The van der Waals surface area contributed by atoms with E-state index in [9.17, 15) is 14.0 Å². The first kappa shape index (κ1) is 20.1. The summed E-state index contributed by atoms with van der Waals surface area (Å²) in [5.41, 5.74) is 0.602. The molecule has 158 valence electrons. The third-order valence-electron chi connectivity index (χ3n) is 6.44. The van der Waals surface area contributed by atoms with Gasteiger partial charge >= 0.3 is 6.03 Å². The van der Waals surface area contributed by atoms with Gasteiger partial charge in [-0.3, -0.25) is 4.79 Å². The maximum absolute atomic E-state index is 14.3. The molecule has 0 spiro atoms. The minimum absolute atomic E-state index is 0.0574. The Hall–Kier alpha value is -2.15. The number of rotatable bonds is 3. The number of carbonyl (C=O) groups excluding carboxylic acids is 2. The SMILES string of the molecule is O=C(Nc1cc(NC(=O)N2CCO[C@H]3CCCC[C@@H]32)ccc1F)C1CCCCC1. The van der Waals surface area contributed by atoms with Gasteiger partial charge in [0.05, 0.1) is 24.4 Å². The Labute approximate surface area is 171 Å². The van der Waals surface area contributed by atoms with Gasteiger partial charge in [-0.1, -0.05) is 32.1 Å². The molecule has 1 saturated heterocycles. The van der Waals surface area contributed by atoms with Crippen molar-refractivity contribution in [3.8, 4) is 0 Å². The lowest BCUT2D eigenvalue weighted by Gasteiger charge is -2.43. The highest BCUT2D eigenvalue weighted by Gasteiger charge is 2.36. The second kappa shape index (κ2) is 9.11. The Morgan fingerprint density at radius 3 is 2.59 bits per heavy atom. The molecule has 1 aromatic rings. The van der Waals surface area contributed by atoms with Crippen LogP contribution in [0.5, 0.6) is 0 Å². The number of amides is 3. The molecule has 1 heterocycles. The van der Waals surface area contributed by atoms with Gasteiger partial charge < -0.3 is 20.3 Å². The van der Waals surface area contributed by atoms with E-state index in [2.05, 4.69) is 10.6 Å². The van der Waals surface area contributed by atoms with Crippen molar-refractivity contribution in [2.75, 3.05) is 23.8 Å². The summed E-state index contributed by atoms with van der Waals surface area (Å²) in [4.78, 5) is 27.2. The summed E-state index contributed by atoms with van der Waals surface area (Å²) in [5, 5.41) is 5.60. The molecule has 3 amide bonds. The lowest BCUT2D eigenvalue weighted by Crippen LogP contribution is -2.55. The topological polar surface area (TPSA) is 70.7 Å². The number of ether oxygens (including phenoxy) is 1. The first-order chi connectivity index (χ1) is 14.1. The zero-order chi connectivity index (χ0) is 20.2. The Bertz CT molecular complexity index is 749. The van der Waals surface area contributed by atoms with Crippen molar-refractivity contribution in [3.63, 3.8) is 0 Å². The second-order valence-electron chi connectivity index (χ2n) is 8.40. The van der Waals surface area contributed by atoms with Gasteiger partial charge in [-0.2, -0.15) is 0 Å². The quantitative estimate of drug-likeness (QED) is 0.780. The average molecular weight is 403 g/mol. The van der Waals surface area contributed by atoms with Crippen molar-refractivity contribution in [3.05, 3.63) is 24.0 Å². The molecular formula is C22H30FN3O3. The Morgan fingerprint density at radius 2 is 1.76 bits per heavy atom. The van der Waals surface area contributed by atoms with Crippen molar-refractivity contribution in [1.82, 2.24) is 4.90 Å². The number of halogens is 1. The molecule has 1 aliphatic heterocycles. The molecule has 3 aliphatic rings. The summed E-state index contributed by atoms with van der Waals surface area (Å²) in [7, 11) is 0. The zero-order valence-corrected chi connectivity index (χ0v) is 16.8. The lowest BCUT2D eigenvalue weighted by atomic mass is 9.88. The van der Waals surface area contributed by atoms with Crippen LogP contribution in [0.25, 0.3) is 0 Å². The van der Waals surface area contributed by atoms with Gasteiger partial charge in [0.25, 0.3) is 0 Å². The number of anilines is 2. The molecule has 6 nitrogen and oxygen atoms in total. The van der Waals surface area contributed by atoms with E-state index in [1.807, 2.05) is 4.90 Å². The van der Waals surface area contributed by atoms with E-state index >= 15 is 0 Å². The highest BCUT2D eigenvalue weighted by molar-refractivity contribution is 5.95.